The van der Waals surface area contributed by atoms with Crippen molar-refractivity contribution in [1.29, 1.82) is 0 Å². The number of carbonyl (C=O) groups is 1. The molecule has 1 aromatic carbocycles. The maximum Gasteiger partial charge on any atom is 0.222 e. The van der Waals surface area contributed by atoms with E-state index in [2.05, 4.69) is 4.90 Å². The topological polar surface area (TPSA) is 53.0 Å². The highest BCUT2D eigenvalue weighted by Crippen LogP contribution is 2.10. The number of aliphatic hydroxyl groups is 1. The van der Waals surface area contributed by atoms with Crippen molar-refractivity contribution in [1.82, 2.24) is 9.80 Å². The molecule has 0 spiro atoms. The lowest BCUT2D eigenvalue weighted by Crippen LogP contribution is -2.50. The first-order chi connectivity index (χ1) is 10.6. The van der Waals surface area contributed by atoms with Gasteiger partial charge in [-0.25, -0.2) is 0 Å². The highest BCUT2D eigenvalue weighted by Gasteiger charge is 2.21. The fourth-order valence-electron chi connectivity index (χ4n) is 2.64. The number of ether oxygens (including phenoxy) is 1. The van der Waals surface area contributed by atoms with E-state index in [4.69, 9.17) is 4.74 Å². The second-order valence-corrected chi connectivity index (χ2v) is 5.80. The fraction of sp³-hybridized carbons (Fsp3) is 0.588. The number of piperazine rings is 1. The molecule has 1 heterocycles. The number of hydrogen-bond acceptors (Lipinski definition) is 4. The van der Waals surface area contributed by atoms with Gasteiger partial charge in [0.15, 0.2) is 0 Å². The minimum Gasteiger partial charge on any atom is -0.494 e. The van der Waals surface area contributed by atoms with Crippen molar-refractivity contribution >= 4 is 5.91 Å². The van der Waals surface area contributed by atoms with Gasteiger partial charge in [-0.15, -0.1) is 0 Å². The number of carbonyl (C=O) groups excluding carboxylic acids is 1. The van der Waals surface area contributed by atoms with E-state index in [1.807, 2.05) is 35.2 Å². The number of benzene rings is 1. The number of rotatable bonds is 7. The molecule has 0 radical (unpaired) electrons. The molecular formula is C17H26N2O3. The molecule has 0 aliphatic carbocycles. The predicted octanol–water partition coefficient (Wildman–Crippen LogP) is 1.37. The van der Waals surface area contributed by atoms with Gasteiger partial charge in [-0.2, -0.15) is 0 Å². The molecule has 0 saturated carbocycles. The summed E-state index contributed by atoms with van der Waals surface area (Å²) in [6.07, 6.45) is 0.961. The Bertz CT molecular complexity index is 442. The zero-order valence-corrected chi connectivity index (χ0v) is 13.3. The van der Waals surface area contributed by atoms with Crippen LogP contribution in [0.5, 0.6) is 5.75 Å². The van der Waals surface area contributed by atoms with E-state index in [0.717, 1.165) is 38.3 Å². The minimum atomic E-state index is -0.308. The SMILES string of the molecule is C[C@H](O)CN1CCN(C(=O)CCCOc2ccccc2)CC1. The molecule has 1 atom stereocenters. The summed E-state index contributed by atoms with van der Waals surface area (Å²) in [7, 11) is 0. The Morgan fingerprint density at radius 1 is 1.23 bits per heavy atom. The first-order valence-electron chi connectivity index (χ1n) is 8.01. The Morgan fingerprint density at radius 2 is 1.91 bits per heavy atom. The van der Waals surface area contributed by atoms with Gasteiger partial charge in [0, 0.05) is 39.1 Å². The molecule has 0 unspecified atom stereocenters. The summed E-state index contributed by atoms with van der Waals surface area (Å²) < 4.78 is 5.60. The highest BCUT2D eigenvalue weighted by molar-refractivity contribution is 5.76. The van der Waals surface area contributed by atoms with Crippen LogP contribution in [0.1, 0.15) is 19.8 Å². The summed E-state index contributed by atoms with van der Waals surface area (Å²) in [5.74, 6) is 1.05. The van der Waals surface area contributed by atoms with Crippen LogP contribution < -0.4 is 4.74 Å². The smallest absolute Gasteiger partial charge is 0.222 e. The standard InChI is InChI=1S/C17H26N2O3/c1-15(20)14-18-9-11-19(12-10-18)17(21)8-5-13-22-16-6-3-2-4-7-16/h2-4,6-7,15,20H,5,8-14H2,1H3/t15-/m0/s1. The molecule has 0 aromatic heterocycles. The minimum absolute atomic E-state index is 0.202. The van der Waals surface area contributed by atoms with Crippen LogP contribution in [0.3, 0.4) is 0 Å². The Hall–Kier alpha value is -1.59. The van der Waals surface area contributed by atoms with Crippen LogP contribution in [0.25, 0.3) is 0 Å². The van der Waals surface area contributed by atoms with Crippen molar-refractivity contribution < 1.29 is 14.6 Å². The van der Waals surface area contributed by atoms with Gasteiger partial charge in [0.05, 0.1) is 12.7 Å². The first kappa shape index (κ1) is 16.8. The molecule has 5 heteroatoms. The quantitative estimate of drug-likeness (QED) is 0.773. The lowest BCUT2D eigenvalue weighted by atomic mass is 10.2. The number of hydrogen-bond donors (Lipinski definition) is 1. The summed E-state index contributed by atoms with van der Waals surface area (Å²) in [5, 5.41) is 9.38. The molecule has 1 aliphatic rings. The van der Waals surface area contributed by atoms with Crippen LogP contribution in [0.15, 0.2) is 30.3 Å². The predicted molar refractivity (Wildman–Crippen MR) is 85.9 cm³/mol. The van der Waals surface area contributed by atoms with E-state index in [1.165, 1.54) is 0 Å². The third kappa shape index (κ3) is 5.66. The highest BCUT2D eigenvalue weighted by atomic mass is 16.5. The van der Waals surface area contributed by atoms with Gasteiger partial charge in [-0.1, -0.05) is 18.2 Å². The van der Waals surface area contributed by atoms with Crippen molar-refractivity contribution in [3.8, 4) is 5.75 Å². The van der Waals surface area contributed by atoms with Gasteiger partial charge in [0.25, 0.3) is 0 Å². The number of para-hydroxylation sites is 1. The second kappa shape index (κ2) is 8.76. The third-order valence-corrected chi connectivity index (χ3v) is 3.79. The van der Waals surface area contributed by atoms with Crippen molar-refractivity contribution in [2.24, 2.45) is 0 Å². The first-order valence-corrected chi connectivity index (χ1v) is 8.01. The summed E-state index contributed by atoms with van der Waals surface area (Å²) >= 11 is 0. The molecule has 1 aliphatic heterocycles. The van der Waals surface area contributed by atoms with Crippen molar-refractivity contribution in [2.75, 3.05) is 39.3 Å². The summed E-state index contributed by atoms with van der Waals surface area (Å²) in [6, 6.07) is 9.67. The van der Waals surface area contributed by atoms with Crippen LogP contribution in [-0.4, -0.2) is 66.2 Å². The number of nitrogens with zero attached hydrogens (tertiary/aromatic N) is 2. The fourth-order valence-corrected chi connectivity index (χ4v) is 2.64. The molecule has 1 amide bonds. The maximum atomic E-state index is 12.1. The zero-order chi connectivity index (χ0) is 15.8. The number of amides is 1. The average Bonchev–Trinajstić information content (AvgIpc) is 2.52. The van der Waals surface area contributed by atoms with Crippen LogP contribution >= 0.6 is 0 Å². The van der Waals surface area contributed by atoms with Gasteiger partial charge in [0.1, 0.15) is 5.75 Å². The second-order valence-electron chi connectivity index (χ2n) is 5.80. The van der Waals surface area contributed by atoms with Gasteiger partial charge in [0.2, 0.25) is 5.91 Å². The van der Waals surface area contributed by atoms with Crippen LogP contribution in [-0.2, 0) is 4.79 Å². The van der Waals surface area contributed by atoms with Crippen LogP contribution in [0.2, 0.25) is 0 Å². The van der Waals surface area contributed by atoms with Crippen molar-refractivity contribution in [3.05, 3.63) is 30.3 Å². The Labute approximate surface area is 132 Å². The number of β-amino-alcohol motifs (C(OH)–C–C–N with tert-alkyl or cyclic N) is 1. The molecule has 0 bridgehead atoms. The molecule has 1 fully saturated rings. The third-order valence-electron chi connectivity index (χ3n) is 3.79. The van der Waals surface area contributed by atoms with Gasteiger partial charge >= 0.3 is 0 Å². The van der Waals surface area contributed by atoms with Crippen LogP contribution in [0.4, 0.5) is 0 Å². The molecule has 1 N–H and O–H groups in total. The molecule has 5 nitrogen and oxygen atoms in total. The summed E-state index contributed by atoms with van der Waals surface area (Å²) in [4.78, 5) is 16.3. The van der Waals surface area contributed by atoms with E-state index in [9.17, 15) is 9.90 Å². The lowest BCUT2D eigenvalue weighted by molar-refractivity contribution is -0.133. The Kier molecular flexibility index (Phi) is 6.68. The summed E-state index contributed by atoms with van der Waals surface area (Å²) in [5.41, 5.74) is 0. The Morgan fingerprint density at radius 3 is 2.55 bits per heavy atom. The number of aliphatic hydroxyl groups excluding tert-OH is 1. The van der Waals surface area contributed by atoms with Gasteiger partial charge in [-0.3, -0.25) is 9.69 Å². The van der Waals surface area contributed by atoms with E-state index >= 15 is 0 Å². The molecular weight excluding hydrogens is 280 g/mol. The molecule has 2 rings (SSSR count). The molecule has 1 aromatic rings. The van der Waals surface area contributed by atoms with Crippen molar-refractivity contribution in [3.63, 3.8) is 0 Å². The summed E-state index contributed by atoms with van der Waals surface area (Å²) in [6.45, 7) is 6.25. The van der Waals surface area contributed by atoms with E-state index < -0.39 is 0 Å². The molecule has 1 saturated heterocycles. The molecule has 122 valence electrons. The monoisotopic (exact) mass is 306 g/mol. The van der Waals surface area contributed by atoms with Gasteiger partial charge < -0.3 is 14.7 Å². The Balaban J connectivity index is 1.60. The lowest BCUT2D eigenvalue weighted by Gasteiger charge is -2.35. The average molecular weight is 306 g/mol. The largest absolute Gasteiger partial charge is 0.494 e. The van der Waals surface area contributed by atoms with Crippen LogP contribution in [0, 0.1) is 0 Å². The molecule has 22 heavy (non-hydrogen) atoms. The zero-order valence-electron chi connectivity index (χ0n) is 13.3. The normalized spacial score (nSPS) is 17.3. The van der Waals surface area contributed by atoms with E-state index in [1.54, 1.807) is 6.92 Å². The van der Waals surface area contributed by atoms with Gasteiger partial charge in [-0.05, 0) is 25.5 Å². The van der Waals surface area contributed by atoms with Crippen molar-refractivity contribution in [2.45, 2.75) is 25.9 Å². The van der Waals surface area contributed by atoms with E-state index in [0.29, 0.717) is 19.6 Å². The maximum absolute atomic E-state index is 12.1. The van der Waals surface area contributed by atoms with E-state index in [-0.39, 0.29) is 12.0 Å².